The molecule has 0 aromatic heterocycles. The van der Waals surface area contributed by atoms with Crippen LogP contribution in [0.3, 0.4) is 0 Å². The van der Waals surface area contributed by atoms with Gasteiger partial charge in [-0.1, -0.05) is 41.9 Å². The Morgan fingerprint density at radius 1 is 1.23 bits per heavy atom. The Kier molecular flexibility index (Phi) is 5.59. The van der Waals surface area contributed by atoms with E-state index in [0.29, 0.717) is 23.7 Å². The van der Waals surface area contributed by atoms with E-state index < -0.39 is 0 Å². The van der Waals surface area contributed by atoms with Gasteiger partial charge in [-0.3, -0.25) is 4.79 Å². The van der Waals surface area contributed by atoms with E-state index in [2.05, 4.69) is 5.32 Å². The SMILES string of the molecule is COC(=O)[C@@H]1Cc2ccccc2C[NH+]1CC(=O)Nc1ccc(C)c(Cl)c1. The largest absolute Gasteiger partial charge is 0.465 e. The van der Waals surface area contributed by atoms with Crippen molar-refractivity contribution < 1.29 is 19.2 Å². The number of anilines is 1. The van der Waals surface area contributed by atoms with Gasteiger partial charge in [0.15, 0.2) is 12.6 Å². The number of methoxy groups -OCH3 is 1. The summed E-state index contributed by atoms with van der Waals surface area (Å²) in [4.78, 5) is 25.6. The zero-order chi connectivity index (χ0) is 18.7. The number of rotatable bonds is 4. The highest BCUT2D eigenvalue weighted by atomic mass is 35.5. The summed E-state index contributed by atoms with van der Waals surface area (Å²) in [7, 11) is 1.38. The Bertz CT molecular complexity index is 838. The maximum absolute atomic E-state index is 12.5. The van der Waals surface area contributed by atoms with Gasteiger partial charge in [-0.2, -0.15) is 0 Å². The van der Waals surface area contributed by atoms with Gasteiger partial charge in [0, 0.05) is 22.7 Å². The minimum absolute atomic E-state index is 0.159. The van der Waals surface area contributed by atoms with Crippen LogP contribution in [0.5, 0.6) is 0 Å². The summed E-state index contributed by atoms with van der Waals surface area (Å²) in [6.07, 6.45) is 0.571. The lowest BCUT2D eigenvalue weighted by Crippen LogP contribution is -3.17. The molecule has 1 amide bonds. The Morgan fingerprint density at radius 3 is 2.65 bits per heavy atom. The number of carbonyl (C=O) groups excluding carboxylic acids is 2. The molecular formula is C20H22ClN2O3+. The smallest absolute Gasteiger partial charge is 0.365 e. The van der Waals surface area contributed by atoms with Crippen LogP contribution < -0.4 is 10.2 Å². The quantitative estimate of drug-likeness (QED) is 0.803. The monoisotopic (exact) mass is 373 g/mol. The normalized spacial score (nSPS) is 18.7. The number of amides is 1. The molecule has 26 heavy (non-hydrogen) atoms. The molecular weight excluding hydrogens is 352 g/mol. The maximum Gasteiger partial charge on any atom is 0.365 e. The summed E-state index contributed by atoms with van der Waals surface area (Å²) in [5.74, 6) is -0.450. The van der Waals surface area contributed by atoms with Crippen LogP contribution in [0.25, 0.3) is 0 Å². The van der Waals surface area contributed by atoms with Gasteiger partial charge in [-0.15, -0.1) is 0 Å². The second kappa shape index (κ2) is 7.89. The first kappa shape index (κ1) is 18.4. The molecule has 0 aliphatic carbocycles. The molecule has 0 saturated heterocycles. The number of fused-ring (bicyclic) bond motifs is 1. The summed E-state index contributed by atoms with van der Waals surface area (Å²) in [6, 6.07) is 13.0. The second-order valence-electron chi connectivity index (χ2n) is 6.57. The van der Waals surface area contributed by atoms with E-state index >= 15 is 0 Å². The fourth-order valence-corrected chi connectivity index (χ4v) is 3.50. The highest BCUT2D eigenvalue weighted by molar-refractivity contribution is 6.31. The highest BCUT2D eigenvalue weighted by Crippen LogP contribution is 2.20. The predicted molar refractivity (Wildman–Crippen MR) is 100 cm³/mol. The topological polar surface area (TPSA) is 59.8 Å². The summed E-state index contributed by atoms with van der Waals surface area (Å²) in [6.45, 7) is 2.70. The molecule has 2 atom stereocenters. The van der Waals surface area contributed by atoms with Crippen LogP contribution in [0.2, 0.25) is 5.02 Å². The lowest BCUT2D eigenvalue weighted by atomic mass is 9.94. The van der Waals surface area contributed by atoms with E-state index in [-0.39, 0.29) is 24.5 Å². The molecule has 1 aliphatic rings. The number of esters is 1. The fourth-order valence-electron chi connectivity index (χ4n) is 3.32. The van der Waals surface area contributed by atoms with E-state index in [1.165, 1.54) is 7.11 Å². The van der Waals surface area contributed by atoms with Crippen LogP contribution in [0.15, 0.2) is 42.5 Å². The van der Waals surface area contributed by atoms with Gasteiger partial charge in [-0.25, -0.2) is 4.79 Å². The van der Waals surface area contributed by atoms with Gasteiger partial charge in [0.05, 0.1) is 7.11 Å². The van der Waals surface area contributed by atoms with Crippen molar-refractivity contribution in [2.75, 3.05) is 19.0 Å². The molecule has 1 heterocycles. The number of nitrogens with one attached hydrogen (secondary N) is 2. The summed E-state index contributed by atoms with van der Waals surface area (Å²) in [5, 5.41) is 3.47. The van der Waals surface area contributed by atoms with Crippen molar-refractivity contribution in [3.63, 3.8) is 0 Å². The van der Waals surface area contributed by atoms with E-state index in [1.54, 1.807) is 6.07 Å². The lowest BCUT2D eigenvalue weighted by Gasteiger charge is -2.31. The first-order valence-corrected chi connectivity index (χ1v) is 8.91. The van der Waals surface area contributed by atoms with Crippen molar-refractivity contribution in [1.82, 2.24) is 0 Å². The van der Waals surface area contributed by atoms with Crippen molar-refractivity contribution in [3.8, 4) is 0 Å². The predicted octanol–water partition coefficient (Wildman–Crippen LogP) is 1.77. The molecule has 1 aliphatic heterocycles. The molecule has 0 bridgehead atoms. The number of hydrogen-bond donors (Lipinski definition) is 2. The molecule has 0 radical (unpaired) electrons. The number of hydrogen-bond acceptors (Lipinski definition) is 3. The molecule has 0 spiro atoms. The van der Waals surface area contributed by atoms with Crippen LogP contribution in [0, 0.1) is 6.92 Å². The Hall–Kier alpha value is -2.37. The zero-order valence-electron chi connectivity index (χ0n) is 14.8. The van der Waals surface area contributed by atoms with E-state index in [0.717, 1.165) is 21.6 Å². The average Bonchev–Trinajstić information content (AvgIpc) is 2.63. The fraction of sp³-hybridized carbons (Fsp3) is 0.300. The first-order chi connectivity index (χ1) is 12.5. The zero-order valence-corrected chi connectivity index (χ0v) is 15.6. The van der Waals surface area contributed by atoms with Crippen LogP contribution in [-0.4, -0.2) is 31.6 Å². The van der Waals surface area contributed by atoms with Crippen LogP contribution in [0.1, 0.15) is 16.7 Å². The van der Waals surface area contributed by atoms with Gasteiger partial charge in [-0.05, 0) is 30.2 Å². The Balaban J connectivity index is 1.74. The summed E-state index contributed by atoms with van der Waals surface area (Å²) in [5.41, 5.74) is 3.90. The van der Waals surface area contributed by atoms with Crippen molar-refractivity contribution in [1.29, 1.82) is 0 Å². The van der Waals surface area contributed by atoms with E-state index in [4.69, 9.17) is 16.3 Å². The lowest BCUT2D eigenvalue weighted by molar-refractivity contribution is -0.924. The van der Waals surface area contributed by atoms with Crippen molar-refractivity contribution in [3.05, 3.63) is 64.2 Å². The van der Waals surface area contributed by atoms with Crippen molar-refractivity contribution in [2.24, 2.45) is 0 Å². The van der Waals surface area contributed by atoms with Crippen LogP contribution >= 0.6 is 11.6 Å². The number of aryl methyl sites for hydroxylation is 1. The third-order valence-electron chi connectivity index (χ3n) is 4.78. The molecule has 1 unspecified atom stereocenters. The molecule has 2 aromatic rings. The minimum atomic E-state index is -0.387. The molecule has 2 N–H and O–H groups in total. The summed E-state index contributed by atoms with van der Waals surface area (Å²) >= 11 is 6.11. The van der Waals surface area contributed by atoms with Gasteiger partial charge >= 0.3 is 5.97 Å². The molecule has 0 fully saturated rings. The Morgan fingerprint density at radius 2 is 1.96 bits per heavy atom. The van der Waals surface area contributed by atoms with Gasteiger partial charge in [0.25, 0.3) is 5.91 Å². The number of quaternary nitrogens is 1. The minimum Gasteiger partial charge on any atom is -0.465 e. The highest BCUT2D eigenvalue weighted by Gasteiger charge is 2.37. The van der Waals surface area contributed by atoms with Crippen molar-refractivity contribution in [2.45, 2.75) is 25.9 Å². The number of halogens is 1. The third kappa shape index (κ3) is 4.06. The molecule has 0 saturated carbocycles. The average molecular weight is 374 g/mol. The third-order valence-corrected chi connectivity index (χ3v) is 5.19. The standard InChI is InChI=1S/C20H21ClN2O3/c1-13-7-8-16(10-17(13)21)22-19(24)12-23-11-15-6-4-3-5-14(15)9-18(23)20(25)26-2/h3-8,10,18H,9,11-12H2,1-2H3,(H,22,24)/p+1/t18-/m0/s1. The van der Waals surface area contributed by atoms with Gasteiger partial charge < -0.3 is 15.0 Å². The second-order valence-corrected chi connectivity index (χ2v) is 6.98. The number of carbonyl (C=O) groups is 2. The number of benzene rings is 2. The first-order valence-electron chi connectivity index (χ1n) is 8.53. The van der Waals surface area contributed by atoms with Gasteiger partial charge in [0.2, 0.25) is 0 Å². The molecule has 6 heteroatoms. The van der Waals surface area contributed by atoms with Crippen LogP contribution in [-0.2, 0) is 27.3 Å². The number of ether oxygens (including phenoxy) is 1. The molecule has 3 rings (SSSR count). The van der Waals surface area contributed by atoms with E-state index in [9.17, 15) is 9.59 Å². The Labute approximate surface area is 157 Å². The van der Waals surface area contributed by atoms with Crippen LogP contribution in [0.4, 0.5) is 5.69 Å². The summed E-state index contributed by atoms with van der Waals surface area (Å²) < 4.78 is 4.95. The molecule has 136 valence electrons. The van der Waals surface area contributed by atoms with Crippen molar-refractivity contribution >= 4 is 29.2 Å². The van der Waals surface area contributed by atoms with E-state index in [1.807, 2.05) is 43.3 Å². The molecule has 5 nitrogen and oxygen atoms in total. The molecule has 2 aromatic carbocycles. The maximum atomic E-state index is 12.5. The van der Waals surface area contributed by atoms with Gasteiger partial charge in [0.1, 0.15) is 6.54 Å².